The first-order valence-electron chi connectivity index (χ1n) is 5.81. The number of hydrogen-bond acceptors (Lipinski definition) is 3. The number of benzene rings is 1. The Hall–Kier alpha value is -1.35. The van der Waals surface area contributed by atoms with Crippen LogP contribution in [0.5, 0.6) is 0 Å². The number of nitrogens with one attached hydrogen (secondary N) is 1. The summed E-state index contributed by atoms with van der Waals surface area (Å²) in [6.45, 7) is 2.34. The molecule has 1 unspecified atom stereocenters. The summed E-state index contributed by atoms with van der Waals surface area (Å²) in [7, 11) is -3.55. The molecule has 1 aromatic carbocycles. The molecule has 0 spiro atoms. The van der Waals surface area contributed by atoms with Gasteiger partial charge in [-0.1, -0.05) is 31.4 Å². The van der Waals surface area contributed by atoms with Crippen molar-refractivity contribution in [2.24, 2.45) is 5.73 Å². The van der Waals surface area contributed by atoms with E-state index in [1.54, 1.807) is 12.1 Å². The Morgan fingerprint density at radius 2 is 2.00 bits per heavy atom. The van der Waals surface area contributed by atoms with Crippen LogP contribution in [0.2, 0.25) is 0 Å². The average Bonchev–Trinajstić information content (AvgIpc) is 2.38. The first-order chi connectivity index (χ1) is 8.53. The van der Waals surface area contributed by atoms with E-state index >= 15 is 0 Å². The minimum Gasteiger partial charge on any atom is -0.326 e. The second-order valence-electron chi connectivity index (χ2n) is 3.98. The van der Waals surface area contributed by atoms with Crippen molar-refractivity contribution in [1.29, 1.82) is 0 Å². The highest BCUT2D eigenvalue weighted by Crippen LogP contribution is 2.11. The van der Waals surface area contributed by atoms with Crippen molar-refractivity contribution in [2.45, 2.75) is 37.2 Å². The molecular formula is C13H18N2O2S. The number of hydrogen-bond donors (Lipinski definition) is 2. The smallest absolute Gasteiger partial charge is 0.241 e. The average molecular weight is 266 g/mol. The van der Waals surface area contributed by atoms with E-state index in [0.29, 0.717) is 13.0 Å². The fourth-order valence-corrected chi connectivity index (χ4v) is 2.72. The van der Waals surface area contributed by atoms with Crippen LogP contribution < -0.4 is 10.5 Å². The summed E-state index contributed by atoms with van der Waals surface area (Å²) in [6.07, 6.45) is 6.74. The van der Waals surface area contributed by atoms with E-state index in [-0.39, 0.29) is 4.90 Å². The van der Waals surface area contributed by atoms with E-state index in [9.17, 15) is 8.42 Å². The predicted molar refractivity (Wildman–Crippen MR) is 72.2 cm³/mol. The Bertz CT molecular complexity index is 515. The number of terminal acetylenes is 1. The van der Waals surface area contributed by atoms with Crippen LogP contribution in [0, 0.1) is 12.3 Å². The van der Waals surface area contributed by atoms with Crippen LogP contribution in [0.1, 0.15) is 25.3 Å². The molecule has 98 valence electrons. The molecule has 1 rings (SSSR count). The van der Waals surface area contributed by atoms with Crippen molar-refractivity contribution in [3.63, 3.8) is 0 Å². The molecule has 0 saturated carbocycles. The molecule has 0 bridgehead atoms. The van der Waals surface area contributed by atoms with Crippen molar-refractivity contribution in [2.75, 3.05) is 0 Å². The summed E-state index contributed by atoms with van der Waals surface area (Å²) in [5, 5.41) is 0. The van der Waals surface area contributed by atoms with Gasteiger partial charge in [-0.25, -0.2) is 8.42 Å². The quantitative estimate of drug-likeness (QED) is 0.761. The first-order valence-corrected chi connectivity index (χ1v) is 7.29. The molecule has 1 aromatic rings. The van der Waals surface area contributed by atoms with Crippen molar-refractivity contribution < 1.29 is 8.42 Å². The number of sulfonamides is 1. The van der Waals surface area contributed by atoms with Gasteiger partial charge in [0.15, 0.2) is 0 Å². The maximum absolute atomic E-state index is 12.0. The normalized spacial score (nSPS) is 12.9. The van der Waals surface area contributed by atoms with Crippen LogP contribution in [-0.2, 0) is 16.6 Å². The zero-order valence-electron chi connectivity index (χ0n) is 10.4. The largest absolute Gasteiger partial charge is 0.326 e. The molecule has 3 N–H and O–H groups in total. The molecule has 18 heavy (non-hydrogen) atoms. The van der Waals surface area contributed by atoms with Crippen LogP contribution in [0.4, 0.5) is 0 Å². The predicted octanol–water partition coefficient (Wildman–Crippen LogP) is 1.23. The molecule has 0 saturated heterocycles. The van der Waals surface area contributed by atoms with E-state index < -0.39 is 16.1 Å². The highest BCUT2D eigenvalue weighted by molar-refractivity contribution is 7.89. The van der Waals surface area contributed by atoms with Gasteiger partial charge in [-0.05, 0) is 24.1 Å². The van der Waals surface area contributed by atoms with Gasteiger partial charge in [-0.15, -0.1) is 6.42 Å². The summed E-state index contributed by atoms with van der Waals surface area (Å²) in [6, 6.07) is 5.99. The minimum atomic E-state index is -3.55. The van der Waals surface area contributed by atoms with Crippen LogP contribution in [0.3, 0.4) is 0 Å². The molecule has 0 fully saturated rings. The third-order valence-corrected chi connectivity index (χ3v) is 4.03. The third-order valence-electron chi connectivity index (χ3n) is 2.55. The van der Waals surface area contributed by atoms with Gasteiger partial charge >= 0.3 is 0 Å². The van der Waals surface area contributed by atoms with E-state index in [0.717, 1.165) is 12.0 Å². The zero-order chi connectivity index (χ0) is 13.6. The van der Waals surface area contributed by atoms with Crippen LogP contribution in [0.25, 0.3) is 0 Å². The molecule has 0 aliphatic rings. The fourth-order valence-electron chi connectivity index (χ4n) is 1.52. The van der Waals surface area contributed by atoms with Gasteiger partial charge in [-0.2, -0.15) is 4.72 Å². The lowest BCUT2D eigenvalue weighted by atomic mass is 10.2. The lowest BCUT2D eigenvalue weighted by Crippen LogP contribution is -2.33. The van der Waals surface area contributed by atoms with Crippen LogP contribution in [0.15, 0.2) is 29.2 Å². The standard InChI is InChI=1S/C13H18N2O2S/c1-3-5-12(4-2)15-18(16,17)13-8-6-11(10-14)7-9-13/h2,6-9,12,15H,3,5,10,14H2,1H3. The van der Waals surface area contributed by atoms with Crippen molar-refractivity contribution in [1.82, 2.24) is 4.72 Å². The van der Waals surface area contributed by atoms with Crippen molar-refractivity contribution in [3.05, 3.63) is 29.8 Å². The second kappa shape index (κ2) is 6.55. The summed E-state index contributed by atoms with van der Waals surface area (Å²) < 4.78 is 26.6. The van der Waals surface area contributed by atoms with E-state index in [1.807, 2.05) is 6.92 Å². The Labute approximate surface area is 109 Å². The van der Waals surface area contributed by atoms with Gasteiger partial charge < -0.3 is 5.73 Å². The highest BCUT2D eigenvalue weighted by Gasteiger charge is 2.17. The summed E-state index contributed by atoms with van der Waals surface area (Å²) in [5.74, 6) is 2.44. The molecule has 1 atom stereocenters. The SMILES string of the molecule is C#CC(CCC)NS(=O)(=O)c1ccc(CN)cc1. The van der Waals surface area contributed by atoms with Crippen LogP contribution >= 0.6 is 0 Å². The summed E-state index contributed by atoms with van der Waals surface area (Å²) in [5.41, 5.74) is 6.34. The van der Waals surface area contributed by atoms with Gasteiger partial charge in [-0.3, -0.25) is 0 Å². The van der Waals surface area contributed by atoms with Gasteiger partial charge in [0.2, 0.25) is 10.0 Å². The highest BCUT2D eigenvalue weighted by atomic mass is 32.2. The topological polar surface area (TPSA) is 72.2 Å². The zero-order valence-corrected chi connectivity index (χ0v) is 11.2. The Balaban J connectivity index is 2.88. The van der Waals surface area contributed by atoms with Gasteiger partial charge in [0, 0.05) is 6.54 Å². The van der Waals surface area contributed by atoms with E-state index in [2.05, 4.69) is 10.6 Å². The molecule has 0 heterocycles. The number of nitrogens with two attached hydrogens (primary N) is 1. The molecule has 0 aliphatic heterocycles. The Kier molecular flexibility index (Phi) is 5.35. The summed E-state index contributed by atoms with van der Waals surface area (Å²) >= 11 is 0. The van der Waals surface area contributed by atoms with Crippen molar-refractivity contribution >= 4 is 10.0 Å². The Morgan fingerprint density at radius 1 is 1.39 bits per heavy atom. The molecule has 4 nitrogen and oxygen atoms in total. The van der Waals surface area contributed by atoms with Crippen LogP contribution in [-0.4, -0.2) is 14.5 Å². The first kappa shape index (κ1) is 14.7. The summed E-state index contributed by atoms with van der Waals surface area (Å²) in [4.78, 5) is 0.205. The molecule has 0 aliphatic carbocycles. The molecule has 0 amide bonds. The maximum atomic E-state index is 12.0. The third kappa shape index (κ3) is 3.84. The van der Waals surface area contributed by atoms with Gasteiger partial charge in [0.05, 0.1) is 10.9 Å². The fraction of sp³-hybridized carbons (Fsp3) is 0.385. The lowest BCUT2D eigenvalue weighted by molar-refractivity contribution is 0.564. The lowest BCUT2D eigenvalue weighted by Gasteiger charge is -2.12. The molecule has 0 radical (unpaired) electrons. The molecule has 0 aromatic heterocycles. The minimum absolute atomic E-state index is 0.205. The number of rotatable bonds is 6. The molecular weight excluding hydrogens is 248 g/mol. The van der Waals surface area contributed by atoms with E-state index in [1.165, 1.54) is 12.1 Å². The second-order valence-corrected chi connectivity index (χ2v) is 5.69. The maximum Gasteiger partial charge on any atom is 0.241 e. The monoisotopic (exact) mass is 266 g/mol. The molecule has 5 heteroatoms. The van der Waals surface area contributed by atoms with Gasteiger partial charge in [0.25, 0.3) is 0 Å². The Morgan fingerprint density at radius 3 is 2.44 bits per heavy atom. The van der Waals surface area contributed by atoms with Crippen molar-refractivity contribution in [3.8, 4) is 12.3 Å². The van der Waals surface area contributed by atoms with E-state index in [4.69, 9.17) is 12.2 Å². The van der Waals surface area contributed by atoms with Gasteiger partial charge in [0.1, 0.15) is 0 Å².